The molecule has 6 N–H and O–H groups in total. The molecule has 0 aromatic carbocycles. The van der Waals surface area contributed by atoms with Crippen LogP contribution in [0.4, 0.5) is 0 Å². The topological polar surface area (TPSA) is 249 Å². The van der Waals surface area contributed by atoms with Crippen molar-refractivity contribution in [1.29, 1.82) is 0 Å². The Morgan fingerprint density at radius 1 is 0.583 bits per heavy atom. The molecule has 60 heavy (non-hydrogen) atoms. The third kappa shape index (κ3) is 39.0. The second-order valence-corrected chi connectivity index (χ2v) is 12.9. The van der Waals surface area contributed by atoms with Crippen molar-refractivity contribution in [2.75, 3.05) is 159 Å². The number of nitrogens with zero attached hydrogens (tertiary/aromatic N) is 4. The Kier molecular flexibility index (Phi) is 46.2. The number of likely N-dealkylation sites (N-methyl/N-ethyl adjacent to an activating group) is 1. The van der Waals surface area contributed by atoms with Gasteiger partial charge in [-0.05, 0) is 33.2 Å². The molecule has 0 saturated carbocycles. The average Bonchev–Trinajstić information content (AvgIpc) is 3.23. The van der Waals surface area contributed by atoms with E-state index in [0.717, 1.165) is 32.7 Å². The lowest BCUT2D eigenvalue weighted by atomic mass is 10.1. The van der Waals surface area contributed by atoms with E-state index >= 15 is 0 Å². The first-order valence-electron chi connectivity index (χ1n) is 21.3. The number of hydrogen-bond donors (Lipinski definition) is 6. The minimum atomic E-state index is -0.987. The van der Waals surface area contributed by atoms with Gasteiger partial charge < -0.3 is 55.0 Å². The summed E-state index contributed by atoms with van der Waals surface area (Å²) in [6, 6.07) is -0.130. The van der Waals surface area contributed by atoms with Gasteiger partial charge in [0.25, 0.3) is 0 Å². The summed E-state index contributed by atoms with van der Waals surface area (Å²) in [7, 11) is 2.77. The summed E-state index contributed by atoms with van der Waals surface area (Å²) in [6.45, 7) is 16.5. The molecule has 0 aliphatic carbocycles. The van der Waals surface area contributed by atoms with Gasteiger partial charge in [0, 0.05) is 79.0 Å². The standard InChI is InChI=1S/C35H65N7O12.2C2H6.CH4O/c1-30(44)31(36-2)5-3-4-7-37-32(45)6-19-51-21-23-53-25-26-54-24-22-52-20-8-38-33(46)27-40-11-9-39(17-18-43)10-12-41(28-34(47)48)15-16-42(14-13-40)29-35(49)50;3*1-2/h18,31,36H,3-17,19-29H2,1-2H3,(H,37,45)(H,38,46)(H,47,48)(H,49,50);2*1-2H3;2H,1H3. The number of hydrogen-bond acceptors (Lipinski definition) is 16. The molecule has 0 aromatic heterocycles. The molecule has 1 fully saturated rings. The maximum Gasteiger partial charge on any atom is 0.317 e. The van der Waals surface area contributed by atoms with Gasteiger partial charge in [-0.25, -0.2) is 0 Å². The van der Waals surface area contributed by atoms with Crippen molar-refractivity contribution in [3.8, 4) is 0 Å². The van der Waals surface area contributed by atoms with Crippen molar-refractivity contribution in [1.82, 2.24) is 35.6 Å². The van der Waals surface area contributed by atoms with E-state index < -0.39 is 11.9 Å². The van der Waals surface area contributed by atoms with Crippen LogP contribution in [0.5, 0.6) is 0 Å². The van der Waals surface area contributed by atoms with Crippen molar-refractivity contribution >= 4 is 35.8 Å². The summed E-state index contributed by atoms with van der Waals surface area (Å²) in [5, 5.41) is 34.3. The summed E-state index contributed by atoms with van der Waals surface area (Å²) in [5.74, 6) is -2.12. The van der Waals surface area contributed by atoms with E-state index in [1.54, 1.807) is 23.8 Å². The highest BCUT2D eigenvalue weighted by atomic mass is 16.6. The van der Waals surface area contributed by atoms with Gasteiger partial charge in [-0.3, -0.25) is 43.6 Å². The first-order valence-corrected chi connectivity index (χ1v) is 21.3. The molecule has 1 unspecified atom stereocenters. The molecule has 1 aliphatic heterocycles. The quantitative estimate of drug-likeness (QED) is 0.0385. The molecule has 1 heterocycles. The smallest absolute Gasteiger partial charge is 0.317 e. The van der Waals surface area contributed by atoms with Crippen molar-refractivity contribution in [2.45, 2.75) is 66.3 Å². The zero-order valence-corrected chi connectivity index (χ0v) is 37.8. The molecule has 20 nitrogen and oxygen atoms in total. The van der Waals surface area contributed by atoms with Gasteiger partial charge in [-0.1, -0.05) is 27.7 Å². The van der Waals surface area contributed by atoms with Crippen LogP contribution >= 0.6 is 0 Å². The van der Waals surface area contributed by atoms with E-state index in [0.29, 0.717) is 118 Å². The third-order valence-corrected chi connectivity index (χ3v) is 8.59. The monoisotopic (exact) mass is 868 g/mol. The molecule has 0 bridgehead atoms. The molecule has 1 saturated heterocycles. The van der Waals surface area contributed by atoms with Crippen molar-refractivity contribution < 1.29 is 63.0 Å². The van der Waals surface area contributed by atoms with Crippen LogP contribution in [0.3, 0.4) is 0 Å². The van der Waals surface area contributed by atoms with Crippen molar-refractivity contribution in [3.63, 3.8) is 0 Å². The Labute approximate surface area is 358 Å². The molecule has 0 aromatic rings. The van der Waals surface area contributed by atoms with Crippen molar-refractivity contribution in [2.24, 2.45) is 0 Å². The summed E-state index contributed by atoms with van der Waals surface area (Å²) in [4.78, 5) is 77.4. The Bertz CT molecular complexity index is 1080. The SMILES string of the molecule is CC.CC.CNC(CCCCNC(=O)CCOCCOCCOCCOCCNC(=O)CN1CCN(CC=O)CCN(CC(=O)O)CCN(CC(=O)O)CC1)C(C)=O.CO. The van der Waals surface area contributed by atoms with Crippen LogP contribution in [0.1, 0.15) is 60.3 Å². The number of aliphatic hydroxyl groups excluding tert-OH is 1. The van der Waals surface area contributed by atoms with E-state index in [1.165, 1.54) is 0 Å². The van der Waals surface area contributed by atoms with E-state index in [1.807, 2.05) is 37.5 Å². The predicted octanol–water partition coefficient (Wildman–Crippen LogP) is -0.727. The number of amides is 2. The second kappa shape index (κ2) is 45.3. The summed E-state index contributed by atoms with van der Waals surface area (Å²) in [6.07, 6.45) is 3.49. The Balaban J connectivity index is -0.00000516. The molecular formula is C40H81N7O13. The molecule has 1 aliphatic rings. The Morgan fingerprint density at radius 3 is 1.40 bits per heavy atom. The molecule has 2 amide bonds. The lowest BCUT2D eigenvalue weighted by Crippen LogP contribution is -2.49. The van der Waals surface area contributed by atoms with Gasteiger partial charge in [0.2, 0.25) is 11.8 Å². The summed E-state index contributed by atoms with van der Waals surface area (Å²) < 4.78 is 21.9. The maximum absolute atomic E-state index is 12.7. The van der Waals surface area contributed by atoms with Crippen LogP contribution in [-0.2, 0) is 47.7 Å². The highest BCUT2D eigenvalue weighted by Gasteiger charge is 2.20. The summed E-state index contributed by atoms with van der Waals surface area (Å²) >= 11 is 0. The lowest BCUT2D eigenvalue weighted by molar-refractivity contribution is -0.140. The minimum Gasteiger partial charge on any atom is -0.480 e. The predicted molar refractivity (Wildman–Crippen MR) is 229 cm³/mol. The fourth-order valence-electron chi connectivity index (χ4n) is 5.51. The fraction of sp³-hybridized carbons (Fsp3) is 0.850. The lowest BCUT2D eigenvalue weighted by Gasteiger charge is -2.32. The van der Waals surface area contributed by atoms with Crippen molar-refractivity contribution in [3.05, 3.63) is 0 Å². The van der Waals surface area contributed by atoms with Crippen LogP contribution in [0.15, 0.2) is 0 Å². The number of nitrogens with one attached hydrogen (secondary N) is 3. The summed E-state index contributed by atoms with van der Waals surface area (Å²) in [5.41, 5.74) is 0. The van der Waals surface area contributed by atoms with Gasteiger partial charge >= 0.3 is 11.9 Å². The van der Waals surface area contributed by atoms with E-state index in [9.17, 15) is 39.0 Å². The zero-order chi connectivity index (χ0) is 45.8. The fourth-order valence-corrected chi connectivity index (χ4v) is 5.51. The number of aliphatic hydroxyl groups is 1. The van der Waals surface area contributed by atoms with E-state index in [-0.39, 0.29) is 56.2 Å². The van der Waals surface area contributed by atoms with Crippen LogP contribution in [-0.4, -0.2) is 235 Å². The maximum atomic E-state index is 12.7. The number of carboxylic acids is 2. The van der Waals surface area contributed by atoms with Gasteiger partial charge in [0.05, 0.1) is 85.1 Å². The van der Waals surface area contributed by atoms with Crippen LogP contribution in [0, 0.1) is 0 Å². The number of carbonyl (C=O) groups excluding carboxylic acids is 4. The van der Waals surface area contributed by atoms with E-state index in [4.69, 9.17) is 24.1 Å². The number of ketones is 1. The highest BCUT2D eigenvalue weighted by Crippen LogP contribution is 2.03. The molecule has 20 heteroatoms. The minimum absolute atomic E-state index is 0.0712. The number of ether oxygens (including phenoxy) is 4. The number of unbranched alkanes of at least 4 members (excludes halogenated alkanes) is 1. The number of aliphatic carboxylic acids is 2. The largest absolute Gasteiger partial charge is 0.480 e. The van der Waals surface area contributed by atoms with Gasteiger partial charge in [-0.2, -0.15) is 0 Å². The molecule has 0 spiro atoms. The Hall–Kier alpha value is -3.18. The van der Waals surface area contributed by atoms with Gasteiger partial charge in [0.1, 0.15) is 12.1 Å². The number of aldehydes is 1. The Morgan fingerprint density at radius 2 is 0.983 bits per heavy atom. The molecule has 1 rings (SSSR count). The number of rotatable bonds is 30. The number of carbonyl (C=O) groups is 6. The second-order valence-electron chi connectivity index (χ2n) is 12.9. The van der Waals surface area contributed by atoms with Crippen LogP contribution < -0.4 is 16.0 Å². The van der Waals surface area contributed by atoms with Gasteiger partial charge in [-0.15, -0.1) is 0 Å². The first-order chi connectivity index (χ1) is 29.0. The van der Waals surface area contributed by atoms with Crippen LogP contribution in [0.2, 0.25) is 0 Å². The zero-order valence-electron chi connectivity index (χ0n) is 37.8. The molecule has 1 atom stereocenters. The number of Topliss-reactive ketones (excluding diaryl/α,β-unsaturated/α-hetero) is 1. The first kappa shape index (κ1) is 61.1. The molecular weight excluding hydrogens is 786 g/mol. The van der Waals surface area contributed by atoms with Crippen LogP contribution in [0.25, 0.3) is 0 Å². The van der Waals surface area contributed by atoms with E-state index in [2.05, 4.69) is 16.0 Å². The highest BCUT2D eigenvalue weighted by molar-refractivity contribution is 5.81. The molecule has 0 radical (unpaired) electrons. The van der Waals surface area contributed by atoms with Gasteiger partial charge in [0.15, 0.2) is 0 Å². The number of carboxylic acid groups (broad SMARTS) is 2. The third-order valence-electron chi connectivity index (χ3n) is 8.59. The molecule has 354 valence electrons. The normalized spacial score (nSPS) is 14.9. The average molecular weight is 868 g/mol.